The van der Waals surface area contributed by atoms with Gasteiger partial charge in [0.2, 0.25) is 0 Å². The summed E-state index contributed by atoms with van der Waals surface area (Å²) >= 11 is 0. The van der Waals surface area contributed by atoms with Gasteiger partial charge in [0.15, 0.2) is 0 Å². The van der Waals surface area contributed by atoms with Crippen molar-refractivity contribution in [1.29, 1.82) is 0 Å². The molecule has 2 nitrogen and oxygen atoms in total. The van der Waals surface area contributed by atoms with Gasteiger partial charge in [-0.1, -0.05) is 63.1 Å². The number of hydrogen-bond donors (Lipinski definition) is 2. The van der Waals surface area contributed by atoms with Crippen molar-refractivity contribution in [3.05, 3.63) is 65.2 Å². The Morgan fingerprint density at radius 1 is 1.07 bits per heavy atom. The van der Waals surface area contributed by atoms with Crippen LogP contribution in [0.5, 0.6) is 5.75 Å². The fraction of sp³-hybridized carbons (Fsp3) is 0.556. The van der Waals surface area contributed by atoms with Gasteiger partial charge in [0.05, 0.1) is 5.60 Å². The standard InChI is InChI=1S/C27H36O2/c1-20(2)7-6-14-26(29)15-16-27(18-21-8-4-3-5-9-21)23(19-26)11-10-22-17-24(28)12-13-25(22)27/h3-5,8-9,12-13,17,20,23,28-29H,6-7,10-11,14-16,18-19H2,1-2H3/t23-,26+,27+/m1/s1. The van der Waals surface area contributed by atoms with Gasteiger partial charge in [-0.2, -0.15) is 0 Å². The average molecular weight is 393 g/mol. The van der Waals surface area contributed by atoms with Crippen LogP contribution < -0.4 is 0 Å². The van der Waals surface area contributed by atoms with Crippen molar-refractivity contribution >= 4 is 0 Å². The van der Waals surface area contributed by atoms with Gasteiger partial charge in [-0.05, 0) is 85.6 Å². The second-order valence-corrected chi connectivity index (χ2v) is 10.1. The number of aromatic hydroxyl groups is 1. The number of hydrogen-bond acceptors (Lipinski definition) is 2. The molecule has 0 unspecified atom stereocenters. The molecule has 0 bridgehead atoms. The number of phenolic OH excluding ortho intramolecular Hbond substituents is 1. The molecule has 4 rings (SSSR count). The minimum Gasteiger partial charge on any atom is -0.508 e. The summed E-state index contributed by atoms with van der Waals surface area (Å²) in [7, 11) is 0. The molecule has 0 aromatic heterocycles. The highest BCUT2D eigenvalue weighted by Crippen LogP contribution is 2.55. The third-order valence-corrected chi connectivity index (χ3v) is 7.62. The number of aliphatic hydroxyl groups is 1. The van der Waals surface area contributed by atoms with Crippen LogP contribution in [0.1, 0.15) is 75.5 Å². The lowest BCUT2D eigenvalue weighted by atomic mass is 9.52. The zero-order valence-electron chi connectivity index (χ0n) is 18.0. The lowest BCUT2D eigenvalue weighted by Gasteiger charge is -2.53. The highest BCUT2D eigenvalue weighted by molar-refractivity contribution is 5.44. The Labute approximate surface area is 176 Å². The monoisotopic (exact) mass is 392 g/mol. The summed E-state index contributed by atoms with van der Waals surface area (Å²) in [5.41, 5.74) is 3.67. The van der Waals surface area contributed by atoms with E-state index in [0.29, 0.717) is 17.6 Å². The summed E-state index contributed by atoms with van der Waals surface area (Å²) in [6.07, 6.45) is 9.23. The van der Waals surface area contributed by atoms with Crippen LogP contribution in [-0.4, -0.2) is 15.8 Å². The number of aryl methyl sites for hydroxylation is 1. The van der Waals surface area contributed by atoms with E-state index in [4.69, 9.17) is 0 Å². The van der Waals surface area contributed by atoms with Gasteiger partial charge in [0, 0.05) is 5.41 Å². The molecule has 0 heterocycles. The molecule has 2 aliphatic carbocycles. The van der Waals surface area contributed by atoms with Crippen LogP contribution in [0, 0.1) is 11.8 Å². The van der Waals surface area contributed by atoms with Crippen molar-refractivity contribution in [3.8, 4) is 5.75 Å². The van der Waals surface area contributed by atoms with E-state index in [1.165, 1.54) is 23.1 Å². The first kappa shape index (κ1) is 20.5. The molecule has 0 radical (unpaired) electrons. The lowest BCUT2D eigenvalue weighted by Crippen LogP contribution is -2.51. The normalized spacial score (nSPS) is 28.8. The molecule has 0 saturated heterocycles. The maximum Gasteiger partial charge on any atom is 0.115 e. The summed E-state index contributed by atoms with van der Waals surface area (Å²) in [5.74, 6) is 1.57. The first-order valence-corrected chi connectivity index (χ1v) is 11.5. The van der Waals surface area contributed by atoms with E-state index >= 15 is 0 Å². The first-order chi connectivity index (χ1) is 13.9. The Morgan fingerprint density at radius 2 is 1.86 bits per heavy atom. The maximum atomic E-state index is 11.5. The molecule has 0 amide bonds. The van der Waals surface area contributed by atoms with Crippen molar-refractivity contribution in [2.75, 3.05) is 0 Å². The van der Waals surface area contributed by atoms with Gasteiger partial charge in [0.1, 0.15) is 5.75 Å². The van der Waals surface area contributed by atoms with Crippen molar-refractivity contribution in [1.82, 2.24) is 0 Å². The first-order valence-electron chi connectivity index (χ1n) is 11.5. The minimum atomic E-state index is -0.506. The van der Waals surface area contributed by atoms with Crippen LogP contribution in [0.3, 0.4) is 0 Å². The minimum absolute atomic E-state index is 0.0763. The molecule has 0 aliphatic heterocycles. The van der Waals surface area contributed by atoms with E-state index in [2.05, 4.69) is 50.2 Å². The number of fused-ring (bicyclic) bond motifs is 3. The van der Waals surface area contributed by atoms with Crippen LogP contribution in [0.25, 0.3) is 0 Å². The Kier molecular flexibility index (Phi) is 5.75. The highest BCUT2D eigenvalue weighted by Gasteiger charge is 2.51. The predicted octanol–water partition coefficient (Wildman–Crippen LogP) is 6.18. The molecule has 3 atom stereocenters. The van der Waals surface area contributed by atoms with Crippen molar-refractivity contribution in [2.24, 2.45) is 11.8 Å². The largest absolute Gasteiger partial charge is 0.508 e. The van der Waals surface area contributed by atoms with Crippen LogP contribution in [0.15, 0.2) is 48.5 Å². The van der Waals surface area contributed by atoms with Crippen LogP contribution in [-0.2, 0) is 18.3 Å². The van der Waals surface area contributed by atoms with Crippen LogP contribution in [0.4, 0.5) is 0 Å². The van der Waals surface area contributed by atoms with Gasteiger partial charge in [-0.15, -0.1) is 0 Å². The predicted molar refractivity (Wildman–Crippen MR) is 119 cm³/mol. The Bertz CT molecular complexity index is 828. The van der Waals surface area contributed by atoms with Crippen LogP contribution in [0.2, 0.25) is 0 Å². The van der Waals surface area contributed by atoms with E-state index in [9.17, 15) is 10.2 Å². The molecule has 2 aromatic carbocycles. The quantitative estimate of drug-likeness (QED) is 0.616. The molecular weight excluding hydrogens is 356 g/mol. The Hall–Kier alpha value is -1.80. The van der Waals surface area contributed by atoms with Gasteiger partial charge >= 0.3 is 0 Å². The van der Waals surface area contributed by atoms with E-state index < -0.39 is 5.60 Å². The number of benzene rings is 2. The van der Waals surface area contributed by atoms with Gasteiger partial charge in [0.25, 0.3) is 0 Å². The lowest BCUT2D eigenvalue weighted by molar-refractivity contribution is -0.0579. The summed E-state index contributed by atoms with van der Waals surface area (Å²) in [5, 5.41) is 21.5. The Morgan fingerprint density at radius 3 is 2.62 bits per heavy atom. The Balaban J connectivity index is 1.64. The van der Waals surface area contributed by atoms with Crippen molar-refractivity contribution in [3.63, 3.8) is 0 Å². The van der Waals surface area contributed by atoms with E-state index in [0.717, 1.165) is 51.4 Å². The third kappa shape index (κ3) is 4.23. The fourth-order valence-corrected chi connectivity index (χ4v) is 6.11. The van der Waals surface area contributed by atoms with Crippen molar-refractivity contribution in [2.45, 2.75) is 82.7 Å². The van der Waals surface area contributed by atoms with Gasteiger partial charge in [-0.3, -0.25) is 0 Å². The summed E-state index contributed by atoms with van der Waals surface area (Å²) in [6.45, 7) is 4.53. The second-order valence-electron chi connectivity index (χ2n) is 10.1. The second kappa shape index (κ2) is 8.14. The maximum absolute atomic E-state index is 11.5. The molecule has 0 spiro atoms. The molecule has 2 aliphatic rings. The molecule has 1 saturated carbocycles. The molecule has 29 heavy (non-hydrogen) atoms. The van der Waals surface area contributed by atoms with Crippen molar-refractivity contribution < 1.29 is 10.2 Å². The summed E-state index contributed by atoms with van der Waals surface area (Å²) < 4.78 is 0. The van der Waals surface area contributed by atoms with E-state index in [1.807, 2.05) is 12.1 Å². The number of rotatable bonds is 6. The average Bonchev–Trinajstić information content (AvgIpc) is 2.69. The van der Waals surface area contributed by atoms with Gasteiger partial charge < -0.3 is 10.2 Å². The molecule has 2 aromatic rings. The molecule has 1 fully saturated rings. The number of phenols is 1. The SMILES string of the molecule is CC(C)CCC[C@]1(O)CC[C@@]2(Cc3ccccc3)c3ccc(O)cc3CC[C@@H]2C1. The topological polar surface area (TPSA) is 40.5 Å². The van der Waals surface area contributed by atoms with E-state index in [-0.39, 0.29) is 5.41 Å². The molecule has 156 valence electrons. The third-order valence-electron chi connectivity index (χ3n) is 7.62. The molecular formula is C27H36O2. The zero-order valence-corrected chi connectivity index (χ0v) is 18.0. The van der Waals surface area contributed by atoms with E-state index in [1.54, 1.807) is 0 Å². The summed E-state index contributed by atoms with van der Waals surface area (Å²) in [4.78, 5) is 0. The highest BCUT2D eigenvalue weighted by atomic mass is 16.3. The zero-order chi connectivity index (χ0) is 20.5. The van der Waals surface area contributed by atoms with Gasteiger partial charge in [-0.25, -0.2) is 0 Å². The fourth-order valence-electron chi connectivity index (χ4n) is 6.11. The molecule has 2 heteroatoms. The van der Waals surface area contributed by atoms with Crippen LogP contribution >= 0.6 is 0 Å². The molecule has 2 N–H and O–H groups in total. The smallest absolute Gasteiger partial charge is 0.115 e. The summed E-state index contributed by atoms with van der Waals surface area (Å²) in [6, 6.07) is 16.8.